The largest absolute Gasteiger partial charge is 0.423 e. The van der Waals surface area contributed by atoms with Crippen LogP contribution in [0.2, 0.25) is 0 Å². The SMILES string of the molecule is CCCNC(COC(C(F)(F)F)C(F)(F)F)C1CCOC1. The summed E-state index contributed by atoms with van der Waals surface area (Å²) in [6.07, 6.45) is -13.4. The van der Waals surface area contributed by atoms with E-state index in [1.54, 1.807) is 0 Å². The number of rotatable bonds is 7. The Labute approximate surface area is 119 Å². The van der Waals surface area contributed by atoms with Crippen LogP contribution < -0.4 is 5.32 Å². The Hall–Kier alpha value is -0.540. The van der Waals surface area contributed by atoms with Gasteiger partial charge in [-0.3, -0.25) is 0 Å². The highest BCUT2D eigenvalue weighted by Crippen LogP contribution is 2.36. The minimum atomic E-state index is -5.47. The molecule has 0 saturated carbocycles. The van der Waals surface area contributed by atoms with Crippen LogP contribution in [0.5, 0.6) is 0 Å². The van der Waals surface area contributed by atoms with Gasteiger partial charge in [0.1, 0.15) is 0 Å². The van der Waals surface area contributed by atoms with Gasteiger partial charge >= 0.3 is 12.4 Å². The van der Waals surface area contributed by atoms with Crippen LogP contribution in [0.15, 0.2) is 0 Å². The molecule has 1 aliphatic heterocycles. The molecule has 0 aliphatic carbocycles. The van der Waals surface area contributed by atoms with E-state index in [9.17, 15) is 26.3 Å². The lowest BCUT2D eigenvalue weighted by atomic mass is 9.99. The Bertz CT molecular complexity index is 287. The Kier molecular flexibility index (Phi) is 6.73. The summed E-state index contributed by atoms with van der Waals surface area (Å²) in [7, 11) is 0. The third-order valence-electron chi connectivity index (χ3n) is 3.23. The summed E-state index contributed by atoms with van der Waals surface area (Å²) in [5.41, 5.74) is 0. The van der Waals surface area contributed by atoms with Crippen molar-refractivity contribution in [3.8, 4) is 0 Å². The summed E-state index contributed by atoms with van der Waals surface area (Å²) in [5.74, 6) is -0.140. The monoisotopic (exact) mass is 323 g/mol. The smallest absolute Gasteiger partial charge is 0.381 e. The molecule has 2 atom stereocenters. The summed E-state index contributed by atoms with van der Waals surface area (Å²) in [6, 6.07) is -0.584. The lowest BCUT2D eigenvalue weighted by Gasteiger charge is -2.28. The highest BCUT2D eigenvalue weighted by atomic mass is 19.4. The Morgan fingerprint density at radius 2 is 1.81 bits per heavy atom. The quantitative estimate of drug-likeness (QED) is 0.731. The van der Waals surface area contributed by atoms with Crippen LogP contribution in [0, 0.1) is 5.92 Å². The number of hydrogen-bond donors (Lipinski definition) is 1. The van der Waals surface area contributed by atoms with E-state index in [0.717, 1.165) is 0 Å². The van der Waals surface area contributed by atoms with Crippen LogP contribution in [-0.2, 0) is 9.47 Å². The molecule has 0 bridgehead atoms. The number of alkyl halides is 6. The first-order chi connectivity index (χ1) is 9.66. The van der Waals surface area contributed by atoms with E-state index < -0.39 is 31.1 Å². The first-order valence-electron chi connectivity index (χ1n) is 6.72. The van der Waals surface area contributed by atoms with Gasteiger partial charge in [0.2, 0.25) is 6.10 Å². The van der Waals surface area contributed by atoms with E-state index in [-0.39, 0.29) is 5.92 Å². The molecule has 1 aliphatic rings. The third-order valence-corrected chi connectivity index (χ3v) is 3.23. The topological polar surface area (TPSA) is 30.5 Å². The highest BCUT2D eigenvalue weighted by molar-refractivity contribution is 4.82. The molecule has 0 aromatic heterocycles. The van der Waals surface area contributed by atoms with Gasteiger partial charge in [-0.1, -0.05) is 6.92 Å². The maximum atomic E-state index is 12.4. The highest BCUT2D eigenvalue weighted by Gasteiger charge is 2.58. The molecule has 2 unspecified atom stereocenters. The van der Waals surface area contributed by atoms with Crippen molar-refractivity contribution in [2.45, 2.75) is 44.3 Å². The second-order valence-corrected chi connectivity index (χ2v) is 4.98. The number of ether oxygens (including phenoxy) is 2. The average molecular weight is 323 g/mol. The zero-order valence-electron chi connectivity index (χ0n) is 11.6. The first-order valence-corrected chi connectivity index (χ1v) is 6.72. The molecule has 1 saturated heterocycles. The fourth-order valence-electron chi connectivity index (χ4n) is 2.14. The van der Waals surface area contributed by atoms with Gasteiger partial charge in [-0.25, -0.2) is 0 Å². The lowest BCUT2D eigenvalue weighted by molar-refractivity contribution is -0.323. The van der Waals surface area contributed by atoms with Crippen molar-refractivity contribution in [2.24, 2.45) is 5.92 Å². The van der Waals surface area contributed by atoms with Crippen LogP contribution in [0.25, 0.3) is 0 Å². The van der Waals surface area contributed by atoms with Crippen molar-refractivity contribution in [3.63, 3.8) is 0 Å². The molecule has 21 heavy (non-hydrogen) atoms. The molecule has 0 spiro atoms. The maximum Gasteiger partial charge on any atom is 0.423 e. The van der Waals surface area contributed by atoms with E-state index in [1.165, 1.54) is 0 Å². The molecule has 1 heterocycles. The summed E-state index contributed by atoms with van der Waals surface area (Å²) in [4.78, 5) is 0. The van der Waals surface area contributed by atoms with Gasteiger partial charge in [0.25, 0.3) is 0 Å². The van der Waals surface area contributed by atoms with E-state index >= 15 is 0 Å². The molecule has 3 nitrogen and oxygen atoms in total. The maximum absolute atomic E-state index is 12.4. The van der Waals surface area contributed by atoms with E-state index in [0.29, 0.717) is 32.6 Å². The van der Waals surface area contributed by atoms with Crippen LogP contribution in [0.4, 0.5) is 26.3 Å². The van der Waals surface area contributed by atoms with Gasteiger partial charge in [-0.05, 0) is 19.4 Å². The minimum absolute atomic E-state index is 0.140. The molecule has 9 heteroatoms. The summed E-state index contributed by atoms with van der Waals surface area (Å²) in [5, 5.41) is 2.93. The fourth-order valence-corrected chi connectivity index (χ4v) is 2.14. The fraction of sp³-hybridized carbons (Fsp3) is 1.00. The zero-order valence-corrected chi connectivity index (χ0v) is 11.6. The van der Waals surface area contributed by atoms with Crippen molar-refractivity contribution < 1.29 is 35.8 Å². The molecular weight excluding hydrogens is 304 g/mol. The van der Waals surface area contributed by atoms with Crippen molar-refractivity contribution in [3.05, 3.63) is 0 Å². The molecule has 1 N–H and O–H groups in total. The van der Waals surface area contributed by atoms with Crippen molar-refractivity contribution in [1.29, 1.82) is 0 Å². The van der Waals surface area contributed by atoms with Crippen molar-refractivity contribution in [1.82, 2.24) is 5.32 Å². The Morgan fingerprint density at radius 3 is 2.24 bits per heavy atom. The van der Waals surface area contributed by atoms with Crippen LogP contribution in [-0.4, -0.2) is 50.9 Å². The molecule has 1 rings (SSSR count). The van der Waals surface area contributed by atoms with Crippen LogP contribution in [0.3, 0.4) is 0 Å². The standard InChI is InChI=1S/C12H19F6NO2/c1-2-4-19-9(8-3-5-20-6-8)7-21-10(11(13,14)15)12(16,17)18/h8-10,19H,2-7H2,1H3. The molecule has 0 aromatic carbocycles. The zero-order chi connectivity index (χ0) is 16.1. The summed E-state index contributed by atoms with van der Waals surface area (Å²) >= 11 is 0. The number of nitrogens with one attached hydrogen (secondary N) is 1. The number of halogens is 6. The third kappa shape index (κ3) is 5.99. The van der Waals surface area contributed by atoms with Gasteiger partial charge in [0.15, 0.2) is 0 Å². The summed E-state index contributed by atoms with van der Waals surface area (Å²) < 4.78 is 83.7. The van der Waals surface area contributed by atoms with Crippen LogP contribution >= 0.6 is 0 Å². The molecule has 126 valence electrons. The molecular formula is C12H19F6NO2. The average Bonchev–Trinajstić information content (AvgIpc) is 2.83. The van der Waals surface area contributed by atoms with E-state index in [4.69, 9.17) is 4.74 Å². The van der Waals surface area contributed by atoms with Gasteiger partial charge in [0, 0.05) is 18.6 Å². The van der Waals surface area contributed by atoms with E-state index in [1.807, 2.05) is 6.92 Å². The second kappa shape index (κ2) is 7.64. The minimum Gasteiger partial charge on any atom is -0.381 e. The molecule has 0 aromatic rings. The van der Waals surface area contributed by atoms with Gasteiger partial charge < -0.3 is 14.8 Å². The normalized spacial score (nSPS) is 22.0. The summed E-state index contributed by atoms with van der Waals surface area (Å²) in [6.45, 7) is 2.46. The molecule has 0 amide bonds. The van der Waals surface area contributed by atoms with Gasteiger partial charge in [-0.2, -0.15) is 26.3 Å². The van der Waals surface area contributed by atoms with Crippen LogP contribution in [0.1, 0.15) is 19.8 Å². The van der Waals surface area contributed by atoms with Gasteiger partial charge in [-0.15, -0.1) is 0 Å². The first kappa shape index (κ1) is 18.5. The van der Waals surface area contributed by atoms with Gasteiger partial charge in [0.05, 0.1) is 13.2 Å². The Morgan fingerprint density at radius 1 is 1.19 bits per heavy atom. The lowest BCUT2D eigenvalue weighted by Crippen LogP contribution is -2.48. The Balaban J connectivity index is 2.64. The molecule has 1 fully saturated rings. The predicted molar refractivity (Wildman–Crippen MR) is 62.9 cm³/mol. The molecule has 0 radical (unpaired) electrons. The van der Waals surface area contributed by atoms with Crippen molar-refractivity contribution in [2.75, 3.05) is 26.4 Å². The predicted octanol–water partition coefficient (Wildman–Crippen LogP) is 2.90. The van der Waals surface area contributed by atoms with Crippen molar-refractivity contribution >= 4 is 0 Å². The van der Waals surface area contributed by atoms with E-state index in [2.05, 4.69) is 10.1 Å². The second-order valence-electron chi connectivity index (χ2n) is 4.98. The number of hydrogen-bond acceptors (Lipinski definition) is 3.